The van der Waals surface area contributed by atoms with Crippen molar-refractivity contribution in [1.82, 2.24) is 0 Å². The predicted molar refractivity (Wildman–Crippen MR) is 126 cm³/mol. The number of anilines is 2. The van der Waals surface area contributed by atoms with Gasteiger partial charge in [0.15, 0.2) is 11.5 Å². The van der Waals surface area contributed by atoms with Crippen molar-refractivity contribution in [1.29, 1.82) is 0 Å². The molecule has 0 radical (unpaired) electrons. The lowest BCUT2D eigenvalue weighted by atomic mass is 10.1. The number of benzene rings is 3. The van der Waals surface area contributed by atoms with Crippen molar-refractivity contribution in [2.24, 2.45) is 0 Å². The van der Waals surface area contributed by atoms with Crippen molar-refractivity contribution >= 4 is 23.0 Å². The van der Waals surface area contributed by atoms with E-state index in [1.54, 1.807) is 13.0 Å². The van der Waals surface area contributed by atoms with Gasteiger partial charge in [0, 0.05) is 30.5 Å². The fourth-order valence-corrected chi connectivity index (χ4v) is 4.06. The number of rotatable bonds is 8. The highest BCUT2D eigenvalue weighted by Crippen LogP contribution is 2.36. The van der Waals surface area contributed by atoms with Crippen molar-refractivity contribution in [2.45, 2.75) is 19.9 Å². The number of hydrogen-bond acceptors (Lipinski definition) is 6. The number of fused-ring (bicyclic) bond motifs is 1. The molecule has 0 unspecified atom stereocenters. The summed E-state index contributed by atoms with van der Waals surface area (Å²) in [7, 11) is 1.40. The number of amides is 1. The van der Waals surface area contributed by atoms with E-state index >= 15 is 0 Å². The first kappa shape index (κ1) is 22.1. The first-order chi connectivity index (χ1) is 16.0. The lowest BCUT2D eigenvalue weighted by Crippen LogP contribution is -2.22. The fourth-order valence-electron chi connectivity index (χ4n) is 4.06. The molecule has 8 nitrogen and oxygen atoms in total. The number of nitrogens with one attached hydrogen (secondary N) is 1. The van der Waals surface area contributed by atoms with Crippen LogP contribution in [0.5, 0.6) is 11.5 Å². The van der Waals surface area contributed by atoms with Crippen LogP contribution in [0.2, 0.25) is 0 Å². The number of carbonyl (C=O) groups excluding carboxylic acids is 1. The highest BCUT2D eigenvalue weighted by atomic mass is 16.6. The zero-order chi connectivity index (χ0) is 23.4. The second-order valence-corrected chi connectivity index (χ2v) is 7.62. The first-order valence-corrected chi connectivity index (χ1v) is 10.7. The average Bonchev–Trinajstić information content (AvgIpc) is 3.23. The monoisotopic (exact) mass is 447 g/mol. The third-order valence-electron chi connectivity index (χ3n) is 5.63. The van der Waals surface area contributed by atoms with Gasteiger partial charge in [-0.25, -0.2) is 0 Å². The van der Waals surface area contributed by atoms with Crippen LogP contribution in [-0.2, 0) is 13.0 Å². The Labute approximate surface area is 191 Å². The second kappa shape index (κ2) is 9.60. The molecule has 1 heterocycles. The summed E-state index contributed by atoms with van der Waals surface area (Å²) in [6.45, 7) is 3.62. The molecule has 0 spiro atoms. The van der Waals surface area contributed by atoms with Crippen molar-refractivity contribution < 1.29 is 19.2 Å². The Morgan fingerprint density at radius 1 is 1.12 bits per heavy atom. The highest BCUT2D eigenvalue weighted by molar-refractivity contribution is 6.08. The minimum Gasteiger partial charge on any atom is -0.493 e. The molecule has 170 valence electrons. The number of para-hydroxylation sites is 2. The number of nitro groups is 1. The number of ether oxygens (including phenoxy) is 2. The van der Waals surface area contributed by atoms with E-state index in [9.17, 15) is 14.9 Å². The van der Waals surface area contributed by atoms with Crippen LogP contribution in [0, 0.1) is 10.1 Å². The van der Waals surface area contributed by atoms with Gasteiger partial charge in [-0.2, -0.15) is 0 Å². The largest absolute Gasteiger partial charge is 0.493 e. The van der Waals surface area contributed by atoms with Gasteiger partial charge in [-0.05, 0) is 36.6 Å². The standard InChI is InChI=1S/C25H25N3O5/c1-3-33-24-14-19(22(28(30)31)15-23(24)32-2)25(29)26-20-10-6-4-9-18(20)16-27-13-12-17-8-5-7-11-21(17)27/h4-11,14-15H,3,12-13,16H2,1-2H3,(H,26,29). The fraction of sp³-hybridized carbons (Fsp3) is 0.240. The maximum Gasteiger partial charge on any atom is 0.286 e. The summed E-state index contributed by atoms with van der Waals surface area (Å²) in [5, 5.41) is 14.5. The third kappa shape index (κ3) is 4.59. The van der Waals surface area contributed by atoms with Gasteiger partial charge >= 0.3 is 0 Å². The van der Waals surface area contributed by atoms with Crippen LogP contribution in [0.4, 0.5) is 17.1 Å². The molecule has 0 aromatic heterocycles. The van der Waals surface area contributed by atoms with Gasteiger partial charge in [0.1, 0.15) is 5.56 Å². The molecule has 4 rings (SSSR count). The Balaban J connectivity index is 1.62. The van der Waals surface area contributed by atoms with Crippen LogP contribution in [-0.4, -0.2) is 31.1 Å². The Bertz CT molecular complexity index is 1190. The molecule has 1 amide bonds. The highest BCUT2D eigenvalue weighted by Gasteiger charge is 2.26. The van der Waals surface area contributed by atoms with Crippen LogP contribution < -0.4 is 19.7 Å². The molecule has 1 N–H and O–H groups in total. The summed E-state index contributed by atoms with van der Waals surface area (Å²) in [6.07, 6.45) is 0.975. The summed E-state index contributed by atoms with van der Waals surface area (Å²) < 4.78 is 10.7. The SMILES string of the molecule is CCOc1cc(C(=O)Nc2ccccc2CN2CCc3ccccc32)c([N+](=O)[O-])cc1OC. The van der Waals surface area contributed by atoms with Crippen LogP contribution in [0.15, 0.2) is 60.7 Å². The molecule has 33 heavy (non-hydrogen) atoms. The van der Waals surface area contributed by atoms with Gasteiger partial charge in [-0.1, -0.05) is 36.4 Å². The van der Waals surface area contributed by atoms with Gasteiger partial charge in [-0.3, -0.25) is 14.9 Å². The smallest absolute Gasteiger partial charge is 0.286 e. The van der Waals surface area contributed by atoms with Gasteiger partial charge < -0.3 is 19.7 Å². The van der Waals surface area contributed by atoms with Crippen LogP contribution in [0.3, 0.4) is 0 Å². The molecule has 0 atom stereocenters. The minimum atomic E-state index is -0.597. The number of methoxy groups -OCH3 is 1. The molecular weight excluding hydrogens is 422 g/mol. The quantitative estimate of drug-likeness (QED) is 0.393. The molecule has 0 aliphatic carbocycles. The van der Waals surface area contributed by atoms with E-state index in [2.05, 4.69) is 22.3 Å². The summed E-state index contributed by atoms with van der Waals surface area (Å²) in [4.78, 5) is 26.5. The Hall–Kier alpha value is -4.07. The molecule has 1 aliphatic rings. The molecule has 1 aliphatic heterocycles. The minimum absolute atomic E-state index is 0.0921. The van der Waals surface area contributed by atoms with Crippen molar-refractivity contribution in [2.75, 3.05) is 30.5 Å². The van der Waals surface area contributed by atoms with Crippen LogP contribution in [0.1, 0.15) is 28.4 Å². The van der Waals surface area contributed by atoms with Gasteiger partial charge in [0.05, 0.1) is 24.7 Å². The number of nitrogens with zero attached hydrogens (tertiary/aromatic N) is 2. The number of hydrogen-bond donors (Lipinski definition) is 1. The zero-order valence-electron chi connectivity index (χ0n) is 18.5. The third-order valence-corrected chi connectivity index (χ3v) is 5.63. The van der Waals surface area contributed by atoms with Crippen molar-refractivity contribution in [3.8, 4) is 11.5 Å². The van der Waals surface area contributed by atoms with Gasteiger partial charge in [0.2, 0.25) is 0 Å². The average molecular weight is 447 g/mol. The molecule has 3 aromatic carbocycles. The van der Waals surface area contributed by atoms with E-state index in [-0.39, 0.29) is 22.7 Å². The Morgan fingerprint density at radius 2 is 1.88 bits per heavy atom. The zero-order valence-corrected chi connectivity index (χ0v) is 18.5. The summed E-state index contributed by atoms with van der Waals surface area (Å²) in [5.41, 5.74) is 3.57. The lowest BCUT2D eigenvalue weighted by molar-refractivity contribution is -0.385. The topological polar surface area (TPSA) is 93.9 Å². The van der Waals surface area contributed by atoms with E-state index in [0.717, 1.165) is 18.5 Å². The molecule has 8 heteroatoms. The van der Waals surface area contributed by atoms with E-state index < -0.39 is 10.8 Å². The van der Waals surface area contributed by atoms with E-state index in [4.69, 9.17) is 9.47 Å². The Kier molecular flexibility index (Phi) is 6.44. The van der Waals surface area contributed by atoms with Gasteiger partial charge in [0.25, 0.3) is 11.6 Å². The van der Waals surface area contributed by atoms with Crippen molar-refractivity contribution in [3.05, 3.63) is 87.5 Å². The Morgan fingerprint density at radius 3 is 2.64 bits per heavy atom. The van der Waals surface area contributed by atoms with Crippen LogP contribution in [0.25, 0.3) is 0 Å². The maximum absolute atomic E-state index is 13.2. The number of carbonyl (C=O) groups is 1. The number of nitro benzene ring substituents is 1. The van der Waals surface area contributed by atoms with Crippen molar-refractivity contribution in [3.63, 3.8) is 0 Å². The summed E-state index contributed by atoms with van der Waals surface area (Å²) >= 11 is 0. The first-order valence-electron chi connectivity index (χ1n) is 10.7. The molecule has 0 fully saturated rings. The second-order valence-electron chi connectivity index (χ2n) is 7.62. The molecule has 0 saturated heterocycles. The van der Waals surface area contributed by atoms with E-state index in [1.165, 1.54) is 30.5 Å². The van der Waals surface area contributed by atoms with Gasteiger partial charge in [-0.15, -0.1) is 0 Å². The van der Waals surface area contributed by atoms with E-state index in [0.29, 0.717) is 18.8 Å². The van der Waals surface area contributed by atoms with Crippen LogP contribution >= 0.6 is 0 Å². The summed E-state index contributed by atoms with van der Waals surface area (Å²) in [5.74, 6) is -0.106. The van der Waals surface area contributed by atoms with E-state index in [1.807, 2.05) is 30.3 Å². The lowest BCUT2D eigenvalue weighted by Gasteiger charge is -2.21. The summed E-state index contributed by atoms with van der Waals surface area (Å²) in [6, 6.07) is 18.3. The maximum atomic E-state index is 13.2. The molecule has 3 aromatic rings. The molecular formula is C25H25N3O5. The molecule has 0 saturated carbocycles. The normalized spacial score (nSPS) is 12.2. The molecule has 0 bridgehead atoms. The predicted octanol–water partition coefficient (Wildman–Crippen LogP) is 4.82.